The van der Waals surface area contributed by atoms with Gasteiger partial charge in [0.15, 0.2) is 5.82 Å². The van der Waals surface area contributed by atoms with E-state index in [0.29, 0.717) is 18.2 Å². The summed E-state index contributed by atoms with van der Waals surface area (Å²) < 4.78 is 6.95. The van der Waals surface area contributed by atoms with Gasteiger partial charge in [0.1, 0.15) is 0 Å². The number of rotatable bonds is 6. The fourth-order valence-corrected chi connectivity index (χ4v) is 2.77. The largest absolute Gasteiger partial charge is 0.380 e. The Morgan fingerprint density at radius 2 is 1.88 bits per heavy atom. The summed E-state index contributed by atoms with van der Waals surface area (Å²) in [5.74, 6) is 0.614. The predicted octanol–water partition coefficient (Wildman–Crippen LogP) is 3.07. The first-order chi connectivity index (χ1) is 12.7. The van der Waals surface area contributed by atoms with Crippen LogP contribution in [0.2, 0.25) is 0 Å². The summed E-state index contributed by atoms with van der Waals surface area (Å²) in [7, 11) is 1.65. The number of anilines is 1. The van der Waals surface area contributed by atoms with Gasteiger partial charge in [-0.3, -0.25) is 4.79 Å². The van der Waals surface area contributed by atoms with Crippen molar-refractivity contribution in [3.05, 3.63) is 59.7 Å². The molecule has 3 aromatic rings. The van der Waals surface area contributed by atoms with Crippen molar-refractivity contribution in [1.82, 2.24) is 20.2 Å². The average Bonchev–Trinajstić information content (AvgIpc) is 3.40. The number of hydrogen-bond acceptors (Lipinski definition) is 5. The molecule has 7 heteroatoms. The fourth-order valence-electron chi connectivity index (χ4n) is 2.77. The van der Waals surface area contributed by atoms with Crippen LogP contribution < -0.4 is 5.32 Å². The van der Waals surface area contributed by atoms with Crippen LogP contribution in [0.3, 0.4) is 0 Å². The second-order valence-corrected chi connectivity index (χ2v) is 6.34. The molecule has 1 N–H and O–H groups in total. The highest BCUT2D eigenvalue weighted by molar-refractivity contribution is 6.04. The summed E-state index contributed by atoms with van der Waals surface area (Å²) in [6, 6.07) is 15.3. The zero-order valence-corrected chi connectivity index (χ0v) is 14.4. The molecule has 1 aliphatic rings. The van der Waals surface area contributed by atoms with Crippen molar-refractivity contribution in [2.45, 2.75) is 25.5 Å². The van der Waals surface area contributed by atoms with E-state index >= 15 is 0 Å². The standard InChI is InChI=1S/C19H19N5O2/c1-26-12-13-2-4-15(5-3-13)19(25)20-16-8-6-14(7-9-16)18-21-22-23-24(18)17-10-11-17/h2-9,17H,10-12H2,1H3,(H,20,25). The molecule has 4 rings (SSSR count). The van der Waals surface area contributed by atoms with Gasteiger partial charge in [-0.1, -0.05) is 12.1 Å². The SMILES string of the molecule is COCc1ccc(C(=O)Nc2ccc(-c3nnnn3C3CC3)cc2)cc1. The maximum atomic E-state index is 12.4. The molecule has 0 aliphatic heterocycles. The van der Waals surface area contributed by atoms with Gasteiger partial charge in [-0.2, -0.15) is 0 Å². The minimum absolute atomic E-state index is 0.149. The van der Waals surface area contributed by atoms with Crippen molar-refractivity contribution in [2.24, 2.45) is 0 Å². The molecule has 0 spiro atoms. The third-order valence-corrected chi connectivity index (χ3v) is 4.31. The van der Waals surface area contributed by atoms with Crippen LogP contribution in [-0.4, -0.2) is 33.2 Å². The smallest absolute Gasteiger partial charge is 0.255 e. The van der Waals surface area contributed by atoms with Crippen LogP contribution >= 0.6 is 0 Å². The van der Waals surface area contributed by atoms with E-state index in [4.69, 9.17) is 4.74 Å². The lowest BCUT2D eigenvalue weighted by Crippen LogP contribution is -2.11. The molecule has 2 aromatic carbocycles. The first-order valence-corrected chi connectivity index (χ1v) is 8.52. The van der Waals surface area contributed by atoms with Crippen LogP contribution in [0.15, 0.2) is 48.5 Å². The summed E-state index contributed by atoms with van der Waals surface area (Å²) in [4.78, 5) is 12.4. The van der Waals surface area contributed by atoms with Crippen molar-refractivity contribution >= 4 is 11.6 Å². The second kappa shape index (κ2) is 7.05. The molecule has 0 atom stereocenters. The number of hydrogen-bond donors (Lipinski definition) is 1. The molecule has 0 radical (unpaired) electrons. The molecular weight excluding hydrogens is 330 g/mol. The minimum atomic E-state index is -0.149. The number of benzene rings is 2. The van der Waals surface area contributed by atoms with Crippen LogP contribution in [0.1, 0.15) is 34.8 Å². The first-order valence-electron chi connectivity index (χ1n) is 8.52. The molecule has 1 aliphatic carbocycles. The highest BCUT2D eigenvalue weighted by Crippen LogP contribution is 2.36. The Morgan fingerprint density at radius 1 is 1.15 bits per heavy atom. The Bertz CT molecular complexity index is 898. The van der Waals surface area contributed by atoms with Crippen LogP contribution in [-0.2, 0) is 11.3 Å². The zero-order valence-electron chi connectivity index (χ0n) is 14.4. The minimum Gasteiger partial charge on any atom is -0.380 e. The maximum Gasteiger partial charge on any atom is 0.255 e. The third kappa shape index (κ3) is 3.48. The lowest BCUT2D eigenvalue weighted by atomic mass is 10.1. The van der Waals surface area contributed by atoms with Crippen LogP contribution in [0.5, 0.6) is 0 Å². The van der Waals surface area contributed by atoms with E-state index in [9.17, 15) is 4.79 Å². The number of carbonyl (C=O) groups excluding carboxylic acids is 1. The van der Waals surface area contributed by atoms with Crippen molar-refractivity contribution in [3.8, 4) is 11.4 Å². The number of amides is 1. The number of nitrogens with one attached hydrogen (secondary N) is 1. The Balaban J connectivity index is 1.45. The highest BCUT2D eigenvalue weighted by Gasteiger charge is 2.28. The summed E-state index contributed by atoms with van der Waals surface area (Å²) in [6.45, 7) is 0.531. The van der Waals surface area contributed by atoms with E-state index in [0.717, 1.165) is 35.5 Å². The molecule has 1 fully saturated rings. The van der Waals surface area contributed by atoms with Crippen LogP contribution in [0.25, 0.3) is 11.4 Å². The molecule has 1 aromatic heterocycles. The number of aromatic nitrogens is 4. The van der Waals surface area contributed by atoms with E-state index in [2.05, 4.69) is 20.8 Å². The fraction of sp³-hybridized carbons (Fsp3) is 0.263. The summed E-state index contributed by atoms with van der Waals surface area (Å²) >= 11 is 0. The van der Waals surface area contributed by atoms with Gasteiger partial charge in [0, 0.05) is 23.9 Å². The molecule has 1 amide bonds. The normalized spacial score (nSPS) is 13.6. The first kappa shape index (κ1) is 16.4. The van der Waals surface area contributed by atoms with E-state index in [1.165, 1.54) is 0 Å². The average molecular weight is 349 g/mol. The van der Waals surface area contributed by atoms with Gasteiger partial charge >= 0.3 is 0 Å². The van der Waals surface area contributed by atoms with Gasteiger partial charge < -0.3 is 10.1 Å². The van der Waals surface area contributed by atoms with Crippen molar-refractivity contribution < 1.29 is 9.53 Å². The molecule has 0 unspecified atom stereocenters. The molecule has 26 heavy (non-hydrogen) atoms. The van der Waals surface area contributed by atoms with Gasteiger partial charge in [0.25, 0.3) is 5.91 Å². The monoisotopic (exact) mass is 349 g/mol. The molecule has 0 saturated heterocycles. The summed E-state index contributed by atoms with van der Waals surface area (Å²) in [6.07, 6.45) is 2.24. The Morgan fingerprint density at radius 3 is 2.54 bits per heavy atom. The lowest BCUT2D eigenvalue weighted by molar-refractivity contribution is 0.102. The zero-order chi connectivity index (χ0) is 17.9. The predicted molar refractivity (Wildman–Crippen MR) is 96.6 cm³/mol. The maximum absolute atomic E-state index is 12.4. The Labute approximate surface area is 151 Å². The molecule has 132 valence electrons. The summed E-state index contributed by atoms with van der Waals surface area (Å²) in [5, 5.41) is 14.9. The van der Waals surface area contributed by atoms with Gasteiger partial charge in [-0.05, 0) is 65.2 Å². The third-order valence-electron chi connectivity index (χ3n) is 4.31. The second-order valence-electron chi connectivity index (χ2n) is 6.34. The van der Waals surface area contributed by atoms with Gasteiger partial charge in [-0.15, -0.1) is 5.10 Å². The van der Waals surface area contributed by atoms with E-state index in [1.807, 2.05) is 41.1 Å². The lowest BCUT2D eigenvalue weighted by Gasteiger charge is -2.08. The quantitative estimate of drug-likeness (QED) is 0.739. The van der Waals surface area contributed by atoms with Crippen molar-refractivity contribution in [1.29, 1.82) is 0 Å². The number of nitrogens with zero attached hydrogens (tertiary/aromatic N) is 4. The summed E-state index contributed by atoms with van der Waals surface area (Å²) in [5.41, 5.74) is 3.29. The number of tetrazole rings is 1. The van der Waals surface area contributed by atoms with Crippen LogP contribution in [0, 0.1) is 0 Å². The number of ether oxygens (including phenoxy) is 1. The van der Waals surface area contributed by atoms with Gasteiger partial charge in [0.2, 0.25) is 0 Å². The Kier molecular flexibility index (Phi) is 4.45. The van der Waals surface area contributed by atoms with E-state index in [1.54, 1.807) is 19.2 Å². The molecular formula is C19H19N5O2. The van der Waals surface area contributed by atoms with E-state index < -0.39 is 0 Å². The van der Waals surface area contributed by atoms with Crippen molar-refractivity contribution in [2.75, 3.05) is 12.4 Å². The Hall–Kier alpha value is -3.06. The van der Waals surface area contributed by atoms with Crippen LogP contribution in [0.4, 0.5) is 5.69 Å². The van der Waals surface area contributed by atoms with Gasteiger partial charge in [-0.25, -0.2) is 4.68 Å². The molecule has 1 saturated carbocycles. The molecule has 7 nitrogen and oxygen atoms in total. The molecule has 0 bridgehead atoms. The van der Waals surface area contributed by atoms with Gasteiger partial charge in [0.05, 0.1) is 12.6 Å². The molecule has 1 heterocycles. The number of methoxy groups -OCH3 is 1. The van der Waals surface area contributed by atoms with Crippen molar-refractivity contribution in [3.63, 3.8) is 0 Å². The highest BCUT2D eigenvalue weighted by atomic mass is 16.5. The number of carbonyl (C=O) groups is 1. The van der Waals surface area contributed by atoms with E-state index in [-0.39, 0.29) is 5.91 Å². The topological polar surface area (TPSA) is 81.9 Å².